The highest BCUT2D eigenvalue weighted by Crippen LogP contribution is 2.23. The molecule has 0 saturated carbocycles. The Morgan fingerprint density at radius 1 is 0.600 bits per heavy atom. The number of allylic oxidation sites excluding steroid dienone is 2. The number of carbonyl (C=O) groups is 1. The van der Waals surface area contributed by atoms with Crippen LogP contribution >= 0.6 is 0 Å². The molecule has 208 valence electrons. The summed E-state index contributed by atoms with van der Waals surface area (Å²) < 4.78 is 0. The van der Waals surface area contributed by atoms with Crippen molar-refractivity contribution in [2.45, 2.75) is 182 Å². The molecule has 1 atom stereocenters. The fourth-order valence-electron chi connectivity index (χ4n) is 4.96. The van der Waals surface area contributed by atoms with Crippen LogP contribution in [0.4, 0.5) is 0 Å². The van der Waals surface area contributed by atoms with Crippen molar-refractivity contribution >= 4 is 5.97 Å². The fraction of sp³-hybridized carbons (Fsp3) is 0.909. The number of aliphatic carboxylic acids is 1. The van der Waals surface area contributed by atoms with Crippen molar-refractivity contribution in [3.63, 3.8) is 0 Å². The molecule has 2 heteroatoms. The number of hydrogen-bond donors (Lipinski definition) is 1. The third-order valence-electron chi connectivity index (χ3n) is 7.39. The van der Waals surface area contributed by atoms with E-state index in [1.165, 1.54) is 128 Å². The minimum Gasteiger partial charge on any atom is -0.481 e. The summed E-state index contributed by atoms with van der Waals surface area (Å²) in [7, 11) is 0. The standard InChI is InChI=1S/C33H64O2/c1-5-6-7-8-9-10-11-12-13-14-15-16-17-19-22-25-28-31(32(34)35)29-26-23-20-18-21-24-27-30-33(2,3)4/h12-13,31H,5-11,14-30H2,1-4H3,(H,34,35)/b13-12-. The molecule has 0 aliphatic carbocycles. The zero-order valence-electron chi connectivity index (χ0n) is 24.6. The summed E-state index contributed by atoms with van der Waals surface area (Å²) in [6.45, 7) is 9.24. The van der Waals surface area contributed by atoms with Crippen molar-refractivity contribution in [3.05, 3.63) is 12.2 Å². The molecule has 0 spiro atoms. The van der Waals surface area contributed by atoms with Gasteiger partial charge in [0, 0.05) is 0 Å². The first-order valence-electron chi connectivity index (χ1n) is 15.7. The molecule has 0 aromatic rings. The molecule has 0 aliphatic heterocycles. The van der Waals surface area contributed by atoms with E-state index in [1.54, 1.807) is 0 Å². The van der Waals surface area contributed by atoms with Gasteiger partial charge in [0.05, 0.1) is 5.92 Å². The minimum absolute atomic E-state index is 0.112. The summed E-state index contributed by atoms with van der Waals surface area (Å²) in [5, 5.41) is 9.56. The van der Waals surface area contributed by atoms with Crippen LogP contribution in [0.3, 0.4) is 0 Å². The van der Waals surface area contributed by atoms with Crippen molar-refractivity contribution in [1.82, 2.24) is 0 Å². The Labute approximate surface area is 221 Å². The Morgan fingerprint density at radius 3 is 1.37 bits per heavy atom. The van der Waals surface area contributed by atoms with E-state index in [0.717, 1.165) is 25.7 Å². The van der Waals surface area contributed by atoms with E-state index in [4.69, 9.17) is 0 Å². The van der Waals surface area contributed by atoms with Gasteiger partial charge in [0.2, 0.25) is 0 Å². The Bertz CT molecular complexity index is 474. The maximum absolute atomic E-state index is 11.6. The number of carboxylic acids is 1. The second-order valence-corrected chi connectivity index (χ2v) is 12.3. The van der Waals surface area contributed by atoms with Gasteiger partial charge < -0.3 is 5.11 Å². The summed E-state index contributed by atoms with van der Waals surface area (Å²) in [6.07, 6.45) is 35.1. The van der Waals surface area contributed by atoms with E-state index in [0.29, 0.717) is 5.41 Å². The van der Waals surface area contributed by atoms with Gasteiger partial charge in [-0.15, -0.1) is 0 Å². The topological polar surface area (TPSA) is 37.3 Å². The first-order chi connectivity index (χ1) is 16.9. The highest BCUT2D eigenvalue weighted by atomic mass is 16.4. The van der Waals surface area contributed by atoms with Gasteiger partial charge in [0.1, 0.15) is 0 Å². The highest BCUT2D eigenvalue weighted by molar-refractivity contribution is 5.69. The third kappa shape index (κ3) is 27.6. The molecule has 0 saturated heterocycles. The normalized spacial score (nSPS) is 13.0. The first-order valence-corrected chi connectivity index (χ1v) is 15.7. The quantitative estimate of drug-likeness (QED) is 0.0962. The Morgan fingerprint density at radius 2 is 0.971 bits per heavy atom. The molecule has 35 heavy (non-hydrogen) atoms. The molecule has 0 heterocycles. The first kappa shape index (κ1) is 34.2. The maximum Gasteiger partial charge on any atom is 0.306 e. The van der Waals surface area contributed by atoms with Gasteiger partial charge in [-0.25, -0.2) is 0 Å². The average molecular weight is 493 g/mol. The van der Waals surface area contributed by atoms with Gasteiger partial charge in [-0.3, -0.25) is 4.79 Å². The SMILES string of the molecule is CCCCCCCC/C=C\CCCCCCCCC(CCCCCCCCCC(C)(C)C)C(=O)O. The Hall–Kier alpha value is -0.790. The zero-order valence-corrected chi connectivity index (χ0v) is 24.6. The molecule has 0 bridgehead atoms. The lowest BCUT2D eigenvalue weighted by atomic mass is 9.89. The predicted molar refractivity (Wildman–Crippen MR) is 156 cm³/mol. The van der Waals surface area contributed by atoms with Gasteiger partial charge in [-0.05, 0) is 50.4 Å². The Kier molecular flexibility index (Phi) is 24.3. The van der Waals surface area contributed by atoms with Crippen LogP contribution < -0.4 is 0 Å². The molecular formula is C33H64O2. The molecule has 0 aliphatic rings. The maximum atomic E-state index is 11.6. The van der Waals surface area contributed by atoms with E-state index >= 15 is 0 Å². The number of unbranched alkanes of at least 4 members (excludes halogenated alkanes) is 18. The predicted octanol–water partition coefficient (Wildman–Crippen LogP) is 11.7. The van der Waals surface area contributed by atoms with Crippen LogP contribution in [-0.4, -0.2) is 11.1 Å². The number of hydrogen-bond acceptors (Lipinski definition) is 1. The van der Waals surface area contributed by atoms with Crippen molar-refractivity contribution in [1.29, 1.82) is 0 Å². The second-order valence-electron chi connectivity index (χ2n) is 12.3. The summed E-state index contributed by atoms with van der Waals surface area (Å²) in [4.78, 5) is 11.6. The molecular weight excluding hydrogens is 428 g/mol. The molecule has 0 aromatic heterocycles. The lowest BCUT2D eigenvalue weighted by Crippen LogP contribution is -2.13. The molecule has 1 unspecified atom stereocenters. The van der Waals surface area contributed by atoms with Crippen LogP contribution in [0.25, 0.3) is 0 Å². The van der Waals surface area contributed by atoms with Crippen LogP contribution in [0.2, 0.25) is 0 Å². The molecule has 0 amide bonds. The van der Waals surface area contributed by atoms with Crippen molar-refractivity contribution in [3.8, 4) is 0 Å². The molecule has 0 rings (SSSR count). The molecule has 1 N–H and O–H groups in total. The third-order valence-corrected chi connectivity index (χ3v) is 7.39. The van der Waals surface area contributed by atoms with E-state index in [-0.39, 0.29) is 5.92 Å². The molecule has 0 fully saturated rings. The van der Waals surface area contributed by atoms with E-state index in [2.05, 4.69) is 39.8 Å². The smallest absolute Gasteiger partial charge is 0.306 e. The van der Waals surface area contributed by atoms with Crippen LogP contribution in [0, 0.1) is 11.3 Å². The summed E-state index contributed by atoms with van der Waals surface area (Å²) >= 11 is 0. The van der Waals surface area contributed by atoms with Crippen LogP contribution in [0.15, 0.2) is 12.2 Å². The fourth-order valence-corrected chi connectivity index (χ4v) is 4.96. The minimum atomic E-state index is -0.570. The van der Waals surface area contributed by atoms with Gasteiger partial charge in [-0.2, -0.15) is 0 Å². The van der Waals surface area contributed by atoms with E-state index in [1.807, 2.05) is 0 Å². The van der Waals surface area contributed by atoms with Crippen molar-refractivity contribution in [2.75, 3.05) is 0 Å². The summed E-state index contributed by atoms with van der Waals surface area (Å²) in [6, 6.07) is 0. The molecule has 0 radical (unpaired) electrons. The lowest BCUT2D eigenvalue weighted by Gasteiger charge is -2.17. The zero-order chi connectivity index (χ0) is 26.0. The van der Waals surface area contributed by atoms with E-state index < -0.39 is 5.97 Å². The van der Waals surface area contributed by atoms with Crippen LogP contribution in [0.1, 0.15) is 182 Å². The van der Waals surface area contributed by atoms with Gasteiger partial charge in [0.15, 0.2) is 0 Å². The highest BCUT2D eigenvalue weighted by Gasteiger charge is 2.16. The lowest BCUT2D eigenvalue weighted by molar-refractivity contribution is -0.142. The summed E-state index contributed by atoms with van der Waals surface area (Å²) in [5.41, 5.74) is 0.468. The van der Waals surface area contributed by atoms with Crippen LogP contribution in [0.5, 0.6) is 0 Å². The second kappa shape index (κ2) is 24.9. The van der Waals surface area contributed by atoms with Gasteiger partial charge >= 0.3 is 5.97 Å². The average Bonchev–Trinajstić information content (AvgIpc) is 2.80. The largest absolute Gasteiger partial charge is 0.481 e. The number of rotatable bonds is 26. The van der Waals surface area contributed by atoms with Gasteiger partial charge in [-0.1, -0.05) is 149 Å². The van der Waals surface area contributed by atoms with E-state index in [9.17, 15) is 9.90 Å². The molecule has 2 nitrogen and oxygen atoms in total. The summed E-state index contributed by atoms with van der Waals surface area (Å²) in [5.74, 6) is -0.682. The van der Waals surface area contributed by atoms with Crippen LogP contribution in [-0.2, 0) is 4.79 Å². The van der Waals surface area contributed by atoms with Crippen molar-refractivity contribution < 1.29 is 9.90 Å². The Balaban J connectivity index is 3.49. The monoisotopic (exact) mass is 492 g/mol. The van der Waals surface area contributed by atoms with Gasteiger partial charge in [0.25, 0.3) is 0 Å². The van der Waals surface area contributed by atoms with Crippen molar-refractivity contribution in [2.24, 2.45) is 11.3 Å². The molecule has 0 aromatic carbocycles. The number of carboxylic acid groups (broad SMARTS) is 1.